The normalized spacial score (nSPS) is 11.1. The summed E-state index contributed by atoms with van der Waals surface area (Å²) in [6, 6.07) is 5.35. The molecule has 1 aromatic heterocycles. The molecule has 0 aliphatic carbocycles. The molecule has 0 spiro atoms. The molecule has 4 N–H and O–H groups in total. The van der Waals surface area contributed by atoms with Crippen LogP contribution >= 0.6 is 0 Å². The van der Waals surface area contributed by atoms with Crippen molar-refractivity contribution >= 4 is 27.4 Å². The number of nitrogens with two attached hydrogens (primary N) is 1. The average molecular weight is 310 g/mol. The Kier molecular flexibility index (Phi) is 3.85. The highest BCUT2D eigenvalue weighted by atomic mass is 32.2. The molecule has 9 heteroatoms. The third kappa shape index (κ3) is 3.31. The van der Waals surface area contributed by atoms with Gasteiger partial charge in [-0.2, -0.15) is 0 Å². The number of primary amides is 1. The van der Waals surface area contributed by atoms with Gasteiger partial charge in [0.25, 0.3) is 10.0 Å². The van der Waals surface area contributed by atoms with Crippen molar-refractivity contribution in [2.24, 2.45) is 5.73 Å². The number of rotatable bonds is 4. The van der Waals surface area contributed by atoms with Gasteiger partial charge < -0.3 is 15.6 Å². The first-order valence-corrected chi connectivity index (χ1v) is 7.40. The Morgan fingerprint density at radius 3 is 2.24 bits per heavy atom. The SMILES string of the molecule is Cc1noc(C)c1S(=O)(=O)Nc1ccc(NC(N)=O)cc1. The van der Waals surface area contributed by atoms with Crippen molar-refractivity contribution < 1.29 is 17.7 Å². The van der Waals surface area contributed by atoms with Gasteiger partial charge >= 0.3 is 6.03 Å². The van der Waals surface area contributed by atoms with Gasteiger partial charge in [-0.3, -0.25) is 4.72 Å². The first kappa shape index (κ1) is 14.9. The molecule has 0 radical (unpaired) electrons. The summed E-state index contributed by atoms with van der Waals surface area (Å²) in [4.78, 5) is 10.7. The number of anilines is 2. The van der Waals surface area contributed by atoms with Crippen LogP contribution in [-0.4, -0.2) is 19.6 Å². The predicted octanol–water partition coefficient (Wildman–Crippen LogP) is 1.58. The maximum absolute atomic E-state index is 12.3. The molecule has 8 nitrogen and oxygen atoms in total. The second-order valence-electron chi connectivity index (χ2n) is 4.33. The Balaban J connectivity index is 2.23. The highest BCUT2D eigenvalue weighted by Gasteiger charge is 2.24. The molecule has 1 heterocycles. The van der Waals surface area contributed by atoms with Crippen LogP contribution in [0.2, 0.25) is 0 Å². The molecule has 0 saturated carbocycles. The zero-order valence-electron chi connectivity index (χ0n) is 11.4. The second-order valence-corrected chi connectivity index (χ2v) is 5.94. The summed E-state index contributed by atoms with van der Waals surface area (Å²) in [5.41, 5.74) is 6.07. The van der Waals surface area contributed by atoms with Crippen molar-refractivity contribution in [2.75, 3.05) is 10.0 Å². The summed E-state index contributed by atoms with van der Waals surface area (Å²) < 4.78 is 31.8. The third-order valence-electron chi connectivity index (χ3n) is 2.64. The predicted molar refractivity (Wildman–Crippen MR) is 76.4 cm³/mol. The van der Waals surface area contributed by atoms with Crippen LogP contribution in [0.1, 0.15) is 11.5 Å². The van der Waals surface area contributed by atoms with E-state index in [0.29, 0.717) is 11.4 Å². The van der Waals surface area contributed by atoms with Gasteiger partial charge in [0.15, 0.2) is 10.7 Å². The molecule has 1 aromatic carbocycles. The lowest BCUT2D eigenvalue weighted by atomic mass is 10.3. The topological polar surface area (TPSA) is 127 Å². The van der Waals surface area contributed by atoms with Gasteiger partial charge in [0.1, 0.15) is 5.69 Å². The molecule has 0 bridgehead atoms. The second kappa shape index (κ2) is 5.44. The van der Waals surface area contributed by atoms with Gasteiger partial charge in [-0.05, 0) is 38.1 Å². The van der Waals surface area contributed by atoms with Crippen LogP contribution in [0.25, 0.3) is 0 Å². The van der Waals surface area contributed by atoms with E-state index in [0.717, 1.165) is 0 Å². The lowest BCUT2D eigenvalue weighted by Gasteiger charge is -2.08. The first-order chi connectivity index (χ1) is 9.79. The van der Waals surface area contributed by atoms with Gasteiger partial charge in [-0.1, -0.05) is 5.16 Å². The quantitative estimate of drug-likeness (QED) is 0.790. The zero-order valence-corrected chi connectivity index (χ0v) is 12.2. The van der Waals surface area contributed by atoms with E-state index >= 15 is 0 Å². The van der Waals surface area contributed by atoms with Crippen LogP contribution in [0, 0.1) is 13.8 Å². The number of aryl methyl sites for hydroxylation is 2. The van der Waals surface area contributed by atoms with Crippen LogP contribution < -0.4 is 15.8 Å². The third-order valence-corrected chi connectivity index (χ3v) is 4.27. The Bertz CT molecular complexity index is 746. The minimum Gasteiger partial charge on any atom is -0.360 e. The molecule has 0 unspecified atom stereocenters. The lowest BCUT2D eigenvalue weighted by molar-refractivity contribution is 0.259. The van der Waals surface area contributed by atoms with Crippen molar-refractivity contribution in [1.82, 2.24) is 5.16 Å². The molecule has 0 aliphatic heterocycles. The highest BCUT2D eigenvalue weighted by molar-refractivity contribution is 7.92. The molecular weight excluding hydrogens is 296 g/mol. The summed E-state index contributed by atoms with van der Waals surface area (Å²) in [5.74, 6) is 0.215. The number of aromatic nitrogens is 1. The Morgan fingerprint density at radius 1 is 1.19 bits per heavy atom. The number of urea groups is 1. The number of carbonyl (C=O) groups excluding carboxylic acids is 1. The molecule has 0 saturated heterocycles. The summed E-state index contributed by atoms with van der Waals surface area (Å²) >= 11 is 0. The largest absolute Gasteiger partial charge is 0.360 e. The smallest absolute Gasteiger partial charge is 0.316 e. The monoisotopic (exact) mass is 310 g/mol. The fraction of sp³-hybridized carbons (Fsp3) is 0.167. The van der Waals surface area contributed by atoms with Crippen molar-refractivity contribution in [3.8, 4) is 0 Å². The van der Waals surface area contributed by atoms with Crippen molar-refractivity contribution in [3.05, 3.63) is 35.7 Å². The lowest BCUT2D eigenvalue weighted by Crippen LogP contribution is -2.19. The van der Waals surface area contributed by atoms with Gasteiger partial charge in [0.05, 0.1) is 0 Å². The van der Waals surface area contributed by atoms with Crippen molar-refractivity contribution in [3.63, 3.8) is 0 Å². The van der Waals surface area contributed by atoms with E-state index in [1.165, 1.54) is 31.2 Å². The van der Waals surface area contributed by atoms with E-state index in [4.69, 9.17) is 10.3 Å². The summed E-state index contributed by atoms with van der Waals surface area (Å²) in [7, 11) is -3.79. The molecule has 0 fully saturated rings. The summed E-state index contributed by atoms with van der Waals surface area (Å²) in [6.07, 6.45) is 0. The molecule has 0 atom stereocenters. The molecule has 21 heavy (non-hydrogen) atoms. The molecule has 0 aliphatic rings. The van der Waals surface area contributed by atoms with Gasteiger partial charge in [0.2, 0.25) is 0 Å². The Morgan fingerprint density at radius 2 is 1.76 bits per heavy atom. The van der Waals surface area contributed by atoms with Crippen molar-refractivity contribution in [1.29, 1.82) is 0 Å². The molecular formula is C12H14N4O4S. The van der Waals surface area contributed by atoms with Gasteiger partial charge in [0, 0.05) is 11.4 Å². The first-order valence-electron chi connectivity index (χ1n) is 5.92. The number of nitrogens with zero attached hydrogens (tertiary/aromatic N) is 1. The Labute approximate surface area is 121 Å². The number of hydrogen-bond acceptors (Lipinski definition) is 5. The van der Waals surface area contributed by atoms with Gasteiger partial charge in [-0.15, -0.1) is 0 Å². The van der Waals surface area contributed by atoms with E-state index in [9.17, 15) is 13.2 Å². The van der Waals surface area contributed by atoms with E-state index in [1.807, 2.05) is 0 Å². The van der Waals surface area contributed by atoms with E-state index in [1.54, 1.807) is 6.92 Å². The summed E-state index contributed by atoms with van der Waals surface area (Å²) in [6.45, 7) is 3.07. The van der Waals surface area contributed by atoms with Crippen LogP contribution in [0.5, 0.6) is 0 Å². The molecule has 2 rings (SSSR count). The number of hydrogen-bond donors (Lipinski definition) is 3. The number of amides is 2. The van der Waals surface area contributed by atoms with Gasteiger partial charge in [-0.25, -0.2) is 13.2 Å². The van der Waals surface area contributed by atoms with E-state index < -0.39 is 16.1 Å². The van der Waals surface area contributed by atoms with Crippen molar-refractivity contribution in [2.45, 2.75) is 18.7 Å². The van der Waals surface area contributed by atoms with Crippen LogP contribution in [-0.2, 0) is 10.0 Å². The fourth-order valence-corrected chi connectivity index (χ4v) is 3.22. The van der Waals surface area contributed by atoms with Crippen LogP contribution in [0.4, 0.5) is 16.2 Å². The fourth-order valence-electron chi connectivity index (χ4n) is 1.83. The standard InChI is InChI=1S/C12H14N4O4S/c1-7-11(8(2)20-15-7)21(18,19)16-10-5-3-9(4-6-10)14-12(13)17/h3-6,16H,1-2H3,(H3,13,14,17). The van der Waals surface area contributed by atoms with Crippen LogP contribution in [0.3, 0.4) is 0 Å². The minimum atomic E-state index is -3.79. The zero-order chi connectivity index (χ0) is 15.6. The summed E-state index contributed by atoms with van der Waals surface area (Å²) in [5, 5.41) is 5.99. The number of sulfonamides is 1. The van der Waals surface area contributed by atoms with E-state index in [-0.39, 0.29) is 16.3 Å². The maximum Gasteiger partial charge on any atom is 0.316 e. The minimum absolute atomic E-state index is 0.0156. The average Bonchev–Trinajstić information content (AvgIpc) is 2.71. The van der Waals surface area contributed by atoms with E-state index in [2.05, 4.69) is 15.2 Å². The maximum atomic E-state index is 12.3. The highest BCUT2D eigenvalue weighted by Crippen LogP contribution is 2.23. The molecule has 112 valence electrons. The number of carbonyl (C=O) groups is 1. The molecule has 2 amide bonds. The number of benzene rings is 1. The molecule has 2 aromatic rings. The number of nitrogens with one attached hydrogen (secondary N) is 2. The van der Waals surface area contributed by atoms with Crippen LogP contribution in [0.15, 0.2) is 33.7 Å². The Hall–Kier alpha value is -2.55.